The van der Waals surface area contributed by atoms with E-state index < -0.39 is 0 Å². The van der Waals surface area contributed by atoms with Gasteiger partial charge in [0.05, 0.1) is 0 Å². The largest absolute Gasteiger partial charge is 0.346 e. The van der Waals surface area contributed by atoms with Gasteiger partial charge in [0, 0.05) is 45.6 Å². The van der Waals surface area contributed by atoms with Crippen LogP contribution in [0.2, 0.25) is 0 Å². The lowest BCUT2D eigenvalue weighted by Crippen LogP contribution is -2.35. The predicted molar refractivity (Wildman–Crippen MR) is 94.1 cm³/mol. The molecule has 132 valence electrons. The quantitative estimate of drug-likeness (QED) is 0.666. The number of rotatable bonds is 10. The Bertz CT molecular complexity index is 321. The third-order valence-electron chi connectivity index (χ3n) is 3.98. The average Bonchev–Trinajstić information content (AvgIpc) is 2.45. The van der Waals surface area contributed by atoms with Gasteiger partial charge in [0.25, 0.3) is 0 Å². The van der Waals surface area contributed by atoms with Crippen molar-refractivity contribution in [1.82, 2.24) is 9.80 Å². The van der Waals surface area contributed by atoms with Crippen molar-refractivity contribution in [3.8, 4) is 0 Å². The molecular weight excluding hydrogens is 302 g/mol. The highest BCUT2D eigenvalue weighted by molar-refractivity contribution is 5.85. The molecule has 22 heavy (non-hydrogen) atoms. The molecule has 2 N–H and O–H groups in total. The number of carbonyl (C=O) groups excluding carboxylic acids is 2. The fraction of sp³-hybridized carbons (Fsp3) is 0.875. The first-order valence-electron chi connectivity index (χ1n) is 8.10. The van der Waals surface area contributed by atoms with Crippen molar-refractivity contribution in [3.63, 3.8) is 0 Å². The van der Waals surface area contributed by atoms with Gasteiger partial charge in [-0.1, -0.05) is 13.8 Å². The van der Waals surface area contributed by atoms with Gasteiger partial charge in [-0.2, -0.15) is 0 Å². The topological polar surface area (TPSA) is 66.6 Å². The standard InChI is InChI=1S/C16H33N3O2.ClH/c1-6-19(7-2)16(21)10-8-9-15(20)18(5)12-11-14(17)13(3)4;/h13-14H,6-12,17H2,1-5H3;1H. The molecule has 1 unspecified atom stereocenters. The summed E-state index contributed by atoms with van der Waals surface area (Å²) in [4.78, 5) is 27.3. The van der Waals surface area contributed by atoms with Crippen LogP contribution in [0.1, 0.15) is 53.4 Å². The van der Waals surface area contributed by atoms with E-state index in [1.807, 2.05) is 20.9 Å². The lowest BCUT2D eigenvalue weighted by Gasteiger charge is -2.22. The van der Waals surface area contributed by atoms with Crippen molar-refractivity contribution in [3.05, 3.63) is 0 Å². The van der Waals surface area contributed by atoms with Crippen LogP contribution >= 0.6 is 12.4 Å². The Morgan fingerprint density at radius 1 is 1.05 bits per heavy atom. The summed E-state index contributed by atoms with van der Waals surface area (Å²) in [5, 5.41) is 0. The number of nitrogens with zero attached hydrogens (tertiary/aromatic N) is 2. The molecular formula is C16H34ClN3O2. The summed E-state index contributed by atoms with van der Waals surface area (Å²) in [5.41, 5.74) is 5.98. The fourth-order valence-corrected chi connectivity index (χ4v) is 2.12. The molecule has 2 amide bonds. The first-order valence-corrected chi connectivity index (χ1v) is 8.10. The van der Waals surface area contributed by atoms with E-state index in [0.29, 0.717) is 31.7 Å². The van der Waals surface area contributed by atoms with E-state index in [0.717, 1.165) is 19.5 Å². The maximum atomic E-state index is 12.0. The average molecular weight is 336 g/mol. The molecule has 0 radical (unpaired) electrons. The smallest absolute Gasteiger partial charge is 0.222 e. The Labute approximate surface area is 142 Å². The summed E-state index contributed by atoms with van der Waals surface area (Å²) >= 11 is 0. The second kappa shape index (κ2) is 12.7. The molecule has 0 aliphatic heterocycles. The normalized spacial score (nSPS) is 11.8. The summed E-state index contributed by atoms with van der Waals surface area (Å²) in [6.45, 7) is 10.3. The van der Waals surface area contributed by atoms with Crippen LogP contribution in [0.4, 0.5) is 0 Å². The summed E-state index contributed by atoms with van der Waals surface area (Å²) in [6.07, 6.45) is 2.32. The van der Waals surface area contributed by atoms with Crippen LogP contribution < -0.4 is 5.73 Å². The highest BCUT2D eigenvalue weighted by atomic mass is 35.5. The van der Waals surface area contributed by atoms with Gasteiger partial charge in [-0.25, -0.2) is 0 Å². The maximum absolute atomic E-state index is 12.0. The molecule has 0 rings (SSSR count). The maximum Gasteiger partial charge on any atom is 0.222 e. The molecule has 0 aliphatic rings. The second-order valence-electron chi connectivity index (χ2n) is 5.93. The summed E-state index contributed by atoms with van der Waals surface area (Å²) in [5.74, 6) is 0.663. The van der Waals surface area contributed by atoms with E-state index in [1.54, 1.807) is 9.80 Å². The Balaban J connectivity index is 0. The van der Waals surface area contributed by atoms with E-state index in [4.69, 9.17) is 5.73 Å². The van der Waals surface area contributed by atoms with Crippen molar-refractivity contribution in [2.24, 2.45) is 11.7 Å². The first-order chi connectivity index (χ1) is 9.83. The Morgan fingerprint density at radius 2 is 1.55 bits per heavy atom. The zero-order valence-electron chi connectivity index (χ0n) is 14.8. The number of halogens is 1. The van der Waals surface area contributed by atoms with E-state index in [2.05, 4.69) is 13.8 Å². The minimum Gasteiger partial charge on any atom is -0.346 e. The van der Waals surface area contributed by atoms with Crippen molar-refractivity contribution in [1.29, 1.82) is 0 Å². The van der Waals surface area contributed by atoms with Crippen LogP contribution in [0.25, 0.3) is 0 Å². The van der Waals surface area contributed by atoms with Gasteiger partial charge in [0.1, 0.15) is 0 Å². The van der Waals surface area contributed by atoms with E-state index in [9.17, 15) is 9.59 Å². The van der Waals surface area contributed by atoms with Crippen LogP contribution in [0.15, 0.2) is 0 Å². The Hall–Kier alpha value is -0.810. The van der Waals surface area contributed by atoms with Gasteiger partial charge >= 0.3 is 0 Å². The number of hydrogen-bond donors (Lipinski definition) is 1. The van der Waals surface area contributed by atoms with Crippen molar-refractivity contribution in [2.75, 3.05) is 26.7 Å². The van der Waals surface area contributed by atoms with Crippen molar-refractivity contribution >= 4 is 24.2 Å². The molecule has 0 bridgehead atoms. The Morgan fingerprint density at radius 3 is 2.00 bits per heavy atom. The molecule has 6 heteroatoms. The van der Waals surface area contributed by atoms with Gasteiger partial charge in [-0.05, 0) is 32.6 Å². The van der Waals surface area contributed by atoms with Crippen LogP contribution in [-0.2, 0) is 9.59 Å². The zero-order valence-corrected chi connectivity index (χ0v) is 15.6. The SMILES string of the molecule is CCN(CC)C(=O)CCCC(=O)N(C)CCC(N)C(C)C.Cl. The number of carbonyl (C=O) groups is 2. The van der Waals surface area contributed by atoms with Crippen LogP contribution in [0, 0.1) is 5.92 Å². The van der Waals surface area contributed by atoms with Gasteiger partial charge in [-0.3, -0.25) is 9.59 Å². The monoisotopic (exact) mass is 335 g/mol. The third-order valence-corrected chi connectivity index (χ3v) is 3.98. The first kappa shape index (κ1) is 23.5. The number of nitrogens with two attached hydrogens (primary N) is 1. The molecule has 0 aromatic heterocycles. The lowest BCUT2D eigenvalue weighted by molar-refractivity contribution is -0.132. The molecule has 0 aromatic carbocycles. The summed E-state index contributed by atoms with van der Waals surface area (Å²) in [7, 11) is 1.81. The van der Waals surface area contributed by atoms with E-state index in [-0.39, 0.29) is 30.3 Å². The number of amides is 2. The molecule has 0 saturated heterocycles. The van der Waals surface area contributed by atoms with Gasteiger partial charge in [0.15, 0.2) is 0 Å². The van der Waals surface area contributed by atoms with Gasteiger partial charge in [0.2, 0.25) is 11.8 Å². The fourth-order valence-electron chi connectivity index (χ4n) is 2.12. The molecule has 0 spiro atoms. The highest BCUT2D eigenvalue weighted by Gasteiger charge is 2.14. The molecule has 0 aromatic rings. The molecule has 0 saturated carbocycles. The van der Waals surface area contributed by atoms with Crippen molar-refractivity contribution in [2.45, 2.75) is 59.4 Å². The van der Waals surface area contributed by atoms with Crippen LogP contribution in [0.5, 0.6) is 0 Å². The van der Waals surface area contributed by atoms with Crippen LogP contribution in [-0.4, -0.2) is 54.3 Å². The molecule has 0 heterocycles. The predicted octanol–water partition coefficient (Wildman–Crippen LogP) is 2.28. The van der Waals surface area contributed by atoms with E-state index >= 15 is 0 Å². The lowest BCUT2D eigenvalue weighted by atomic mass is 10.0. The van der Waals surface area contributed by atoms with Crippen LogP contribution in [0.3, 0.4) is 0 Å². The highest BCUT2D eigenvalue weighted by Crippen LogP contribution is 2.06. The minimum absolute atomic E-state index is 0. The molecule has 1 atom stereocenters. The Kier molecular flexibility index (Phi) is 13.5. The van der Waals surface area contributed by atoms with E-state index in [1.165, 1.54) is 0 Å². The minimum atomic E-state index is 0. The third kappa shape index (κ3) is 9.26. The zero-order chi connectivity index (χ0) is 16.4. The molecule has 0 aliphatic carbocycles. The number of hydrogen-bond acceptors (Lipinski definition) is 3. The second-order valence-corrected chi connectivity index (χ2v) is 5.93. The molecule has 0 fully saturated rings. The summed E-state index contributed by atoms with van der Waals surface area (Å²) in [6, 6.07) is 0.129. The van der Waals surface area contributed by atoms with Gasteiger partial charge < -0.3 is 15.5 Å². The summed E-state index contributed by atoms with van der Waals surface area (Å²) < 4.78 is 0. The van der Waals surface area contributed by atoms with Gasteiger partial charge in [-0.15, -0.1) is 12.4 Å². The van der Waals surface area contributed by atoms with Crippen molar-refractivity contribution < 1.29 is 9.59 Å². The molecule has 5 nitrogen and oxygen atoms in total.